The number of hydrogen-bond acceptors (Lipinski definition) is 4. The Hall–Kier alpha value is -2.58. The van der Waals surface area contributed by atoms with Crippen molar-refractivity contribution in [2.45, 2.75) is 46.6 Å². The van der Waals surface area contributed by atoms with E-state index in [1.54, 1.807) is 25.1 Å². The lowest BCUT2D eigenvalue weighted by molar-refractivity contribution is -0.139. The number of carbonyl (C=O) groups is 2. The first kappa shape index (κ1) is 28.7. The molecule has 9 heteroatoms. The molecule has 2 aromatic rings. The number of anilines is 1. The average Bonchev–Trinajstić information content (AvgIpc) is 2.79. The number of aryl methyl sites for hydroxylation is 1. The third-order valence-corrected chi connectivity index (χ3v) is 7.02. The summed E-state index contributed by atoms with van der Waals surface area (Å²) >= 11 is 6.05. The van der Waals surface area contributed by atoms with E-state index in [1.807, 2.05) is 51.1 Å². The number of halogens is 1. The van der Waals surface area contributed by atoms with Crippen LogP contribution in [0.2, 0.25) is 5.02 Å². The number of nitrogens with one attached hydrogen (secondary N) is 1. The molecule has 0 saturated heterocycles. The van der Waals surface area contributed by atoms with Crippen LogP contribution in [0.25, 0.3) is 0 Å². The van der Waals surface area contributed by atoms with Gasteiger partial charge in [-0.3, -0.25) is 13.9 Å². The minimum Gasteiger partial charge on any atom is -0.354 e. The maximum absolute atomic E-state index is 13.6. The third-order valence-electron chi connectivity index (χ3n) is 5.66. The van der Waals surface area contributed by atoms with E-state index in [0.717, 1.165) is 16.1 Å². The van der Waals surface area contributed by atoms with E-state index in [0.29, 0.717) is 35.7 Å². The lowest BCUT2D eigenvalue weighted by Crippen LogP contribution is -2.53. The fraction of sp³-hybridized carbons (Fsp3) is 0.462. The number of amides is 2. The Morgan fingerprint density at radius 1 is 1.09 bits per heavy atom. The molecule has 0 fully saturated rings. The maximum Gasteiger partial charge on any atom is 0.244 e. The highest BCUT2D eigenvalue weighted by molar-refractivity contribution is 7.92. The molecular formula is C26H36ClN3O4S. The quantitative estimate of drug-likeness (QED) is 0.456. The Morgan fingerprint density at radius 3 is 2.29 bits per heavy atom. The van der Waals surface area contributed by atoms with E-state index < -0.39 is 28.5 Å². The predicted molar refractivity (Wildman–Crippen MR) is 142 cm³/mol. The monoisotopic (exact) mass is 521 g/mol. The van der Waals surface area contributed by atoms with Gasteiger partial charge in [0.05, 0.1) is 11.9 Å². The Labute approximate surface area is 214 Å². The van der Waals surface area contributed by atoms with Gasteiger partial charge in [0.1, 0.15) is 12.6 Å². The van der Waals surface area contributed by atoms with E-state index in [2.05, 4.69) is 5.32 Å². The second-order valence-corrected chi connectivity index (χ2v) is 11.4. The lowest BCUT2D eigenvalue weighted by atomic mass is 10.1. The molecule has 0 aliphatic heterocycles. The highest BCUT2D eigenvalue weighted by Gasteiger charge is 2.31. The molecule has 0 aliphatic rings. The molecule has 0 bridgehead atoms. The Balaban J connectivity index is 2.37. The van der Waals surface area contributed by atoms with Crippen LogP contribution in [0, 0.1) is 12.8 Å². The molecule has 0 spiro atoms. The molecule has 0 unspecified atom stereocenters. The summed E-state index contributed by atoms with van der Waals surface area (Å²) in [5.74, 6) is -0.415. The number of sulfonamides is 1. The second kappa shape index (κ2) is 12.9. The van der Waals surface area contributed by atoms with Crippen LogP contribution in [0.4, 0.5) is 5.69 Å². The van der Waals surface area contributed by atoms with Gasteiger partial charge in [-0.2, -0.15) is 0 Å². The van der Waals surface area contributed by atoms with E-state index in [4.69, 9.17) is 11.6 Å². The summed E-state index contributed by atoms with van der Waals surface area (Å²) in [4.78, 5) is 28.2. The van der Waals surface area contributed by atoms with Crippen molar-refractivity contribution in [3.05, 3.63) is 64.7 Å². The molecule has 7 nitrogen and oxygen atoms in total. The van der Waals surface area contributed by atoms with Crippen molar-refractivity contribution in [2.75, 3.05) is 30.2 Å². The zero-order valence-electron chi connectivity index (χ0n) is 21.1. The van der Waals surface area contributed by atoms with Crippen molar-refractivity contribution in [3.8, 4) is 0 Å². The molecule has 0 radical (unpaired) electrons. The fourth-order valence-corrected chi connectivity index (χ4v) is 4.95. The largest absolute Gasteiger partial charge is 0.354 e. The van der Waals surface area contributed by atoms with Crippen molar-refractivity contribution in [2.24, 2.45) is 5.92 Å². The third kappa shape index (κ3) is 8.54. The molecule has 2 amide bonds. The summed E-state index contributed by atoms with van der Waals surface area (Å²) in [7, 11) is -3.78. The van der Waals surface area contributed by atoms with E-state index in [9.17, 15) is 18.0 Å². The van der Waals surface area contributed by atoms with Gasteiger partial charge in [-0.1, -0.05) is 62.7 Å². The first-order valence-electron chi connectivity index (χ1n) is 11.8. The van der Waals surface area contributed by atoms with Crippen molar-refractivity contribution in [3.63, 3.8) is 0 Å². The molecule has 0 aliphatic carbocycles. The van der Waals surface area contributed by atoms with Crippen LogP contribution in [-0.4, -0.2) is 57.1 Å². The van der Waals surface area contributed by atoms with Crippen molar-refractivity contribution < 1.29 is 18.0 Å². The van der Waals surface area contributed by atoms with Gasteiger partial charge in [0, 0.05) is 18.1 Å². The molecule has 192 valence electrons. The van der Waals surface area contributed by atoms with Gasteiger partial charge in [0.25, 0.3) is 0 Å². The van der Waals surface area contributed by atoms with Crippen LogP contribution in [0.5, 0.6) is 0 Å². The summed E-state index contributed by atoms with van der Waals surface area (Å²) in [6.07, 6.45) is 2.01. The summed E-state index contributed by atoms with van der Waals surface area (Å²) in [5.41, 5.74) is 2.04. The topological polar surface area (TPSA) is 86.8 Å². The lowest BCUT2D eigenvalue weighted by Gasteiger charge is -2.33. The van der Waals surface area contributed by atoms with Gasteiger partial charge in [-0.25, -0.2) is 8.42 Å². The van der Waals surface area contributed by atoms with Crippen molar-refractivity contribution in [1.82, 2.24) is 10.2 Å². The van der Waals surface area contributed by atoms with E-state index >= 15 is 0 Å². The van der Waals surface area contributed by atoms with Gasteiger partial charge in [-0.05, 0) is 55.0 Å². The molecule has 1 atom stereocenters. The average molecular weight is 522 g/mol. The van der Waals surface area contributed by atoms with Crippen LogP contribution in [0.1, 0.15) is 38.3 Å². The van der Waals surface area contributed by atoms with Crippen LogP contribution >= 0.6 is 11.6 Å². The second-order valence-electron chi connectivity index (χ2n) is 9.09. The fourth-order valence-electron chi connectivity index (χ4n) is 3.81. The summed E-state index contributed by atoms with van der Waals surface area (Å²) in [6.45, 7) is 7.95. The number of rotatable bonds is 12. The summed E-state index contributed by atoms with van der Waals surface area (Å²) in [6, 6.07) is 13.8. The van der Waals surface area contributed by atoms with Gasteiger partial charge in [-0.15, -0.1) is 0 Å². The zero-order chi connectivity index (χ0) is 26.2. The molecule has 35 heavy (non-hydrogen) atoms. The molecule has 1 N–H and O–H groups in total. The first-order chi connectivity index (χ1) is 16.4. The van der Waals surface area contributed by atoms with E-state index in [1.165, 1.54) is 4.90 Å². The van der Waals surface area contributed by atoms with E-state index in [-0.39, 0.29) is 18.4 Å². The first-order valence-corrected chi connectivity index (χ1v) is 14.0. The number of benzene rings is 2. The highest BCUT2D eigenvalue weighted by atomic mass is 35.5. The SMILES string of the molecule is CC[C@@H](C(=O)NCC(C)C)N(CCc1ccccc1)C(=O)CN(c1ccc(Cl)cc1C)S(C)(=O)=O. The van der Waals surface area contributed by atoms with Crippen LogP contribution in [0.3, 0.4) is 0 Å². The maximum atomic E-state index is 13.6. The predicted octanol–water partition coefficient (Wildman–Crippen LogP) is 4.04. The van der Waals surface area contributed by atoms with Crippen LogP contribution < -0.4 is 9.62 Å². The minimum absolute atomic E-state index is 0.240. The Bertz CT molecular complexity index is 1110. The zero-order valence-corrected chi connectivity index (χ0v) is 22.7. The number of hydrogen-bond donors (Lipinski definition) is 1. The minimum atomic E-state index is -3.78. The molecule has 0 heterocycles. The molecular weight excluding hydrogens is 486 g/mol. The standard InChI is InChI=1S/C26H36ClN3O4S/c1-6-23(26(32)28-17-19(2)3)29(15-14-21-10-8-7-9-11-21)25(31)18-30(35(5,33)34)24-13-12-22(27)16-20(24)4/h7-13,16,19,23H,6,14-15,17-18H2,1-5H3,(H,28,32)/t23-/m0/s1. The van der Waals surface area contributed by atoms with Gasteiger partial charge in [0.2, 0.25) is 21.8 Å². The van der Waals surface area contributed by atoms with Gasteiger partial charge < -0.3 is 10.2 Å². The smallest absolute Gasteiger partial charge is 0.244 e. The Kier molecular flexibility index (Phi) is 10.6. The van der Waals surface area contributed by atoms with Gasteiger partial charge in [0.15, 0.2) is 0 Å². The van der Waals surface area contributed by atoms with Gasteiger partial charge >= 0.3 is 0 Å². The molecule has 2 rings (SSSR count). The van der Waals surface area contributed by atoms with Crippen molar-refractivity contribution >= 4 is 39.1 Å². The molecule has 0 aromatic heterocycles. The highest BCUT2D eigenvalue weighted by Crippen LogP contribution is 2.26. The van der Waals surface area contributed by atoms with Crippen LogP contribution in [0.15, 0.2) is 48.5 Å². The normalized spacial score (nSPS) is 12.3. The van der Waals surface area contributed by atoms with Crippen molar-refractivity contribution in [1.29, 1.82) is 0 Å². The Morgan fingerprint density at radius 2 is 1.74 bits per heavy atom. The summed E-state index contributed by atoms with van der Waals surface area (Å²) < 4.78 is 26.5. The number of nitrogens with zero attached hydrogens (tertiary/aromatic N) is 2. The summed E-state index contributed by atoms with van der Waals surface area (Å²) in [5, 5.41) is 3.39. The molecule has 0 saturated carbocycles. The molecule has 2 aromatic carbocycles. The van der Waals surface area contributed by atoms with Crippen LogP contribution in [-0.2, 0) is 26.0 Å². The number of carbonyl (C=O) groups excluding carboxylic acids is 2.